The molecule has 4 nitrogen and oxygen atoms in total. The molecule has 0 unspecified atom stereocenters. The van der Waals surface area contributed by atoms with Crippen molar-refractivity contribution in [1.82, 2.24) is 0 Å². The molecule has 1 aliphatic rings. The molecule has 0 atom stereocenters. The quantitative estimate of drug-likeness (QED) is 0.513. The van der Waals surface area contributed by atoms with Gasteiger partial charge in [-0.2, -0.15) is 0 Å². The second-order valence-corrected chi connectivity index (χ2v) is 5.14. The molecule has 0 radical (unpaired) electrons. The number of aliphatic hydroxyl groups is 1. The van der Waals surface area contributed by atoms with E-state index >= 15 is 0 Å². The van der Waals surface area contributed by atoms with Gasteiger partial charge in [-0.3, -0.25) is 4.79 Å². The van der Waals surface area contributed by atoms with E-state index in [1.54, 1.807) is 6.92 Å². The lowest BCUT2D eigenvalue weighted by Crippen LogP contribution is -2.25. The van der Waals surface area contributed by atoms with E-state index in [1.807, 2.05) is 18.2 Å². The van der Waals surface area contributed by atoms with Crippen LogP contribution >= 0.6 is 11.6 Å². The summed E-state index contributed by atoms with van der Waals surface area (Å²) in [5.41, 5.74) is 2.90. The van der Waals surface area contributed by atoms with E-state index < -0.39 is 5.97 Å². The van der Waals surface area contributed by atoms with Crippen LogP contribution in [0.15, 0.2) is 23.8 Å². The maximum absolute atomic E-state index is 12.2. The van der Waals surface area contributed by atoms with Gasteiger partial charge in [0.15, 0.2) is 5.78 Å². The van der Waals surface area contributed by atoms with Gasteiger partial charge in [-0.25, -0.2) is 4.79 Å². The van der Waals surface area contributed by atoms with Gasteiger partial charge >= 0.3 is 5.97 Å². The number of carbonyl (C=O) groups is 2. The van der Waals surface area contributed by atoms with Crippen LogP contribution < -0.4 is 0 Å². The summed E-state index contributed by atoms with van der Waals surface area (Å²) in [6.07, 6.45) is 0.856. The largest absolute Gasteiger partial charge is 0.462 e. The third-order valence-electron chi connectivity index (χ3n) is 3.45. The molecule has 0 spiro atoms. The van der Waals surface area contributed by atoms with E-state index in [0.29, 0.717) is 17.9 Å². The van der Waals surface area contributed by atoms with Gasteiger partial charge in [0.1, 0.15) is 5.57 Å². The van der Waals surface area contributed by atoms with Crippen LogP contribution in [0.5, 0.6) is 0 Å². The number of esters is 1. The molecule has 0 fully saturated rings. The highest BCUT2D eigenvalue weighted by atomic mass is 35.5. The van der Waals surface area contributed by atoms with Gasteiger partial charge in [-0.1, -0.05) is 18.2 Å². The minimum absolute atomic E-state index is 0.0306. The number of rotatable bonds is 5. The van der Waals surface area contributed by atoms with Gasteiger partial charge in [0.25, 0.3) is 0 Å². The lowest BCUT2D eigenvalue weighted by Gasteiger charge is -2.21. The van der Waals surface area contributed by atoms with E-state index in [2.05, 4.69) is 0 Å². The fourth-order valence-corrected chi connectivity index (χ4v) is 2.74. The Morgan fingerprint density at radius 2 is 2.19 bits per heavy atom. The number of aryl methyl sites for hydroxylation is 1. The number of hydrogen-bond donors (Lipinski definition) is 1. The zero-order valence-electron chi connectivity index (χ0n) is 11.8. The number of halogens is 1. The monoisotopic (exact) mass is 308 g/mol. The summed E-state index contributed by atoms with van der Waals surface area (Å²) >= 11 is 5.73. The molecule has 0 amide bonds. The average molecular weight is 309 g/mol. The van der Waals surface area contributed by atoms with Crippen molar-refractivity contribution < 1.29 is 19.4 Å². The number of Topliss-reactive ketones (excluding diaryl/α,β-unsaturated/α-hetero) is 1. The van der Waals surface area contributed by atoms with Crippen molar-refractivity contribution in [3.05, 3.63) is 40.5 Å². The van der Waals surface area contributed by atoms with Crippen molar-refractivity contribution in [3.63, 3.8) is 0 Å². The van der Waals surface area contributed by atoms with Crippen LogP contribution in [0.1, 0.15) is 23.6 Å². The Balaban J connectivity index is 2.50. The predicted octanol–water partition coefficient (Wildman–Crippen LogP) is 1.90. The number of carbonyl (C=O) groups excluding carboxylic acids is 2. The van der Waals surface area contributed by atoms with Crippen LogP contribution in [0, 0.1) is 0 Å². The molecule has 0 aliphatic heterocycles. The molecule has 1 aromatic carbocycles. The van der Waals surface area contributed by atoms with Crippen LogP contribution in [0.3, 0.4) is 0 Å². The van der Waals surface area contributed by atoms with Crippen LogP contribution in [0.2, 0.25) is 0 Å². The summed E-state index contributed by atoms with van der Waals surface area (Å²) < 4.78 is 4.91. The van der Waals surface area contributed by atoms with Crippen molar-refractivity contribution in [2.24, 2.45) is 0 Å². The number of aliphatic hydroxyl groups excluding tert-OH is 1. The molecule has 1 aromatic rings. The van der Waals surface area contributed by atoms with Gasteiger partial charge in [-0.05, 0) is 30.0 Å². The summed E-state index contributed by atoms with van der Waals surface area (Å²) in [6.45, 7) is 1.49. The zero-order valence-corrected chi connectivity index (χ0v) is 12.6. The number of fused-ring (bicyclic) bond motifs is 1. The molecular weight excluding hydrogens is 292 g/mol. The van der Waals surface area contributed by atoms with Gasteiger partial charge in [0.2, 0.25) is 0 Å². The molecule has 112 valence electrons. The maximum atomic E-state index is 12.2. The lowest BCUT2D eigenvalue weighted by molar-refractivity contribution is -0.139. The maximum Gasteiger partial charge on any atom is 0.342 e. The SMILES string of the molecule is CCOC(=O)C1=C(CO)c2ccc(CCCl)cc2CC1=O. The fourth-order valence-electron chi connectivity index (χ4n) is 2.52. The summed E-state index contributed by atoms with van der Waals surface area (Å²) in [6, 6.07) is 5.64. The Kier molecular flexibility index (Phi) is 5.15. The number of hydrogen-bond acceptors (Lipinski definition) is 4. The van der Waals surface area contributed by atoms with Gasteiger partial charge < -0.3 is 9.84 Å². The first-order valence-electron chi connectivity index (χ1n) is 6.84. The zero-order chi connectivity index (χ0) is 15.4. The third kappa shape index (κ3) is 3.17. The number of ether oxygens (including phenoxy) is 1. The molecule has 0 heterocycles. The van der Waals surface area contributed by atoms with E-state index in [1.165, 1.54) is 0 Å². The van der Waals surface area contributed by atoms with E-state index in [0.717, 1.165) is 16.7 Å². The molecule has 21 heavy (non-hydrogen) atoms. The number of ketones is 1. The van der Waals surface area contributed by atoms with Crippen molar-refractivity contribution in [1.29, 1.82) is 0 Å². The highest BCUT2D eigenvalue weighted by Gasteiger charge is 2.30. The number of alkyl halides is 1. The highest BCUT2D eigenvalue weighted by molar-refractivity contribution is 6.25. The molecule has 0 aromatic heterocycles. The van der Waals surface area contributed by atoms with Gasteiger partial charge in [0, 0.05) is 17.9 Å². The van der Waals surface area contributed by atoms with Crippen LogP contribution in [0.4, 0.5) is 0 Å². The van der Waals surface area contributed by atoms with Crippen LogP contribution in [0.25, 0.3) is 5.57 Å². The Labute approximate surface area is 128 Å². The minimum Gasteiger partial charge on any atom is -0.462 e. The smallest absolute Gasteiger partial charge is 0.342 e. The van der Waals surface area contributed by atoms with E-state index in [-0.39, 0.29) is 31.0 Å². The summed E-state index contributed by atoms with van der Waals surface area (Å²) in [4.78, 5) is 24.1. The molecule has 2 rings (SSSR count). The highest BCUT2D eigenvalue weighted by Crippen LogP contribution is 2.30. The van der Waals surface area contributed by atoms with Crippen molar-refractivity contribution in [3.8, 4) is 0 Å². The number of benzene rings is 1. The van der Waals surface area contributed by atoms with Crippen molar-refractivity contribution in [2.75, 3.05) is 19.1 Å². The van der Waals surface area contributed by atoms with E-state index in [4.69, 9.17) is 16.3 Å². The molecule has 0 bridgehead atoms. The molecule has 1 N–H and O–H groups in total. The topological polar surface area (TPSA) is 63.6 Å². The second kappa shape index (κ2) is 6.87. The third-order valence-corrected chi connectivity index (χ3v) is 3.64. The van der Waals surface area contributed by atoms with Gasteiger partial charge in [0.05, 0.1) is 13.2 Å². The summed E-state index contributed by atoms with van der Waals surface area (Å²) in [5, 5.41) is 9.58. The van der Waals surface area contributed by atoms with Gasteiger partial charge in [-0.15, -0.1) is 11.6 Å². The Morgan fingerprint density at radius 1 is 1.43 bits per heavy atom. The minimum atomic E-state index is -0.665. The first kappa shape index (κ1) is 15.7. The fraction of sp³-hybridized carbons (Fsp3) is 0.375. The van der Waals surface area contributed by atoms with Crippen LogP contribution in [-0.2, 0) is 27.2 Å². The molecule has 5 heteroatoms. The normalized spacial score (nSPS) is 14.1. The molecule has 0 saturated carbocycles. The summed E-state index contributed by atoms with van der Waals surface area (Å²) in [5.74, 6) is -0.473. The Morgan fingerprint density at radius 3 is 2.81 bits per heavy atom. The second-order valence-electron chi connectivity index (χ2n) is 4.76. The predicted molar refractivity (Wildman–Crippen MR) is 80.2 cm³/mol. The molecule has 1 aliphatic carbocycles. The first-order chi connectivity index (χ1) is 10.1. The summed E-state index contributed by atoms with van der Waals surface area (Å²) in [7, 11) is 0. The van der Waals surface area contributed by atoms with Crippen molar-refractivity contribution in [2.45, 2.75) is 19.8 Å². The first-order valence-corrected chi connectivity index (χ1v) is 7.38. The Bertz CT molecular complexity index is 604. The van der Waals surface area contributed by atoms with Crippen LogP contribution in [-0.4, -0.2) is 36.0 Å². The lowest BCUT2D eigenvalue weighted by atomic mass is 9.84. The van der Waals surface area contributed by atoms with Crippen molar-refractivity contribution >= 4 is 28.9 Å². The molecular formula is C16H17ClO4. The Hall–Kier alpha value is -1.65. The standard InChI is InChI=1S/C16H17ClO4/c1-2-21-16(20)15-13(9-18)12-4-3-10(5-6-17)7-11(12)8-14(15)19/h3-4,7,18H,2,5-6,8-9H2,1H3. The van der Waals surface area contributed by atoms with E-state index in [9.17, 15) is 14.7 Å². The molecule has 0 saturated heterocycles. The average Bonchev–Trinajstić information content (AvgIpc) is 2.46.